The standard InChI is InChI=1S/C14H20ClN3/c15-13-10-12(11-16-17-13)18-8-6-14(7-9-18)4-2-1-3-5-14/h10-11H,1-9H2. The molecule has 98 valence electrons. The summed E-state index contributed by atoms with van der Waals surface area (Å²) in [5, 5.41) is 8.24. The number of hydrogen-bond donors (Lipinski definition) is 0. The van der Waals surface area contributed by atoms with Crippen molar-refractivity contribution in [2.45, 2.75) is 44.9 Å². The third-order valence-corrected chi connectivity index (χ3v) is 4.90. The first-order chi connectivity index (χ1) is 8.77. The Morgan fingerprint density at radius 3 is 2.44 bits per heavy atom. The predicted molar refractivity (Wildman–Crippen MR) is 74.0 cm³/mol. The highest BCUT2D eigenvalue weighted by Crippen LogP contribution is 2.45. The quantitative estimate of drug-likeness (QED) is 0.776. The molecule has 3 nitrogen and oxygen atoms in total. The number of nitrogens with zero attached hydrogens (tertiary/aromatic N) is 3. The minimum Gasteiger partial charge on any atom is -0.370 e. The molecule has 0 bridgehead atoms. The molecule has 1 saturated carbocycles. The van der Waals surface area contributed by atoms with Crippen LogP contribution in [0, 0.1) is 5.41 Å². The molecule has 0 aromatic carbocycles. The Hall–Kier alpha value is -0.830. The summed E-state index contributed by atoms with van der Waals surface area (Å²) in [4.78, 5) is 2.40. The van der Waals surface area contributed by atoms with Crippen molar-refractivity contribution in [3.63, 3.8) is 0 Å². The summed E-state index contributed by atoms with van der Waals surface area (Å²) < 4.78 is 0. The number of hydrogen-bond acceptors (Lipinski definition) is 3. The van der Waals surface area contributed by atoms with Gasteiger partial charge in [-0.3, -0.25) is 0 Å². The summed E-state index contributed by atoms with van der Waals surface area (Å²) in [6, 6.07) is 1.92. The molecular formula is C14H20ClN3. The van der Waals surface area contributed by atoms with Gasteiger partial charge in [-0.2, -0.15) is 5.10 Å². The molecule has 0 unspecified atom stereocenters. The second-order valence-corrected chi connectivity index (χ2v) is 6.17. The molecule has 4 heteroatoms. The second kappa shape index (κ2) is 5.04. The highest BCUT2D eigenvalue weighted by atomic mass is 35.5. The molecule has 1 aliphatic heterocycles. The van der Waals surface area contributed by atoms with Crippen molar-refractivity contribution in [3.8, 4) is 0 Å². The minimum atomic E-state index is 0.491. The third-order valence-electron chi connectivity index (χ3n) is 4.71. The van der Waals surface area contributed by atoms with Crippen LogP contribution in [0.25, 0.3) is 0 Å². The molecule has 1 saturated heterocycles. The van der Waals surface area contributed by atoms with E-state index >= 15 is 0 Å². The Morgan fingerprint density at radius 2 is 1.78 bits per heavy atom. The molecule has 3 rings (SSSR count). The molecule has 1 spiro atoms. The van der Waals surface area contributed by atoms with E-state index in [1.165, 1.54) is 44.9 Å². The first-order valence-electron chi connectivity index (χ1n) is 7.01. The van der Waals surface area contributed by atoms with E-state index in [0.29, 0.717) is 10.6 Å². The van der Waals surface area contributed by atoms with Crippen LogP contribution in [-0.2, 0) is 0 Å². The molecule has 0 N–H and O–H groups in total. The average molecular weight is 266 g/mol. The van der Waals surface area contributed by atoms with Crippen molar-refractivity contribution in [1.29, 1.82) is 0 Å². The molecule has 2 fully saturated rings. The second-order valence-electron chi connectivity index (χ2n) is 5.78. The highest BCUT2D eigenvalue weighted by molar-refractivity contribution is 6.29. The summed E-state index contributed by atoms with van der Waals surface area (Å²) >= 11 is 5.91. The number of rotatable bonds is 1. The van der Waals surface area contributed by atoms with Gasteiger partial charge in [0.1, 0.15) is 0 Å². The monoisotopic (exact) mass is 265 g/mol. The summed E-state index contributed by atoms with van der Waals surface area (Å²) in [6.07, 6.45) is 11.7. The summed E-state index contributed by atoms with van der Waals surface area (Å²) in [7, 11) is 0. The van der Waals surface area contributed by atoms with Gasteiger partial charge in [0.2, 0.25) is 0 Å². The smallest absolute Gasteiger partial charge is 0.153 e. The van der Waals surface area contributed by atoms with Gasteiger partial charge in [-0.25, -0.2) is 0 Å². The van der Waals surface area contributed by atoms with Gasteiger partial charge in [-0.1, -0.05) is 30.9 Å². The average Bonchev–Trinajstić information content (AvgIpc) is 2.40. The Kier molecular flexibility index (Phi) is 3.42. The fourth-order valence-corrected chi connectivity index (χ4v) is 3.70. The molecule has 2 aliphatic rings. The number of halogens is 1. The predicted octanol–water partition coefficient (Wildman–Crippen LogP) is 3.68. The van der Waals surface area contributed by atoms with Crippen molar-refractivity contribution in [1.82, 2.24) is 10.2 Å². The first kappa shape index (κ1) is 12.2. The van der Waals surface area contributed by atoms with E-state index in [9.17, 15) is 0 Å². The van der Waals surface area contributed by atoms with Gasteiger partial charge in [-0.15, -0.1) is 5.10 Å². The van der Waals surface area contributed by atoms with Crippen molar-refractivity contribution in [2.24, 2.45) is 5.41 Å². The third kappa shape index (κ3) is 2.46. The lowest BCUT2D eigenvalue weighted by atomic mass is 9.68. The van der Waals surface area contributed by atoms with Crippen molar-refractivity contribution in [2.75, 3.05) is 18.0 Å². The molecule has 1 aliphatic carbocycles. The zero-order chi connectivity index (χ0) is 12.4. The lowest BCUT2D eigenvalue weighted by molar-refractivity contribution is 0.144. The summed E-state index contributed by atoms with van der Waals surface area (Å²) in [6.45, 7) is 2.28. The lowest BCUT2D eigenvalue weighted by Crippen LogP contribution is -2.41. The van der Waals surface area contributed by atoms with Gasteiger partial charge in [-0.05, 0) is 31.1 Å². The van der Waals surface area contributed by atoms with E-state index in [0.717, 1.165) is 18.8 Å². The van der Waals surface area contributed by atoms with Crippen LogP contribution in [0.1, 0.15) is 44.9 Å². The normalized spacial score (nSPS) is 23.3. The maximum atomic E-state index is 5.91. The van der Waals surface area contributed by atoms with Gasteiger partial charge < -0.3 is 4.90 Å². The van der Waals surface area contributed by atoms with Crippen LogP contribution in [0.3, 0.4) is 0 Å². The van der Waals surface area contributed by atoms with E-state index in [4.69, 9.17) is 11.6 Å². The van der Waals surface area contributed by atoms with Crippen molar-refractivity contribution < 1.29 is 0 Å². The van der Waals surface area contributed by atoms with E-state index in [1.54, 1.807) is 0 Å². The lowest BCUT2D eigenvalue weighted by Gasteiger charge is -2.45. The van der Waals surface area contributed by atoms with E-state index < -0.39 is 0 Å². The minimum absolute atomic E-state index is 0.491. The van der Waals surface area contributed by atoms with Crippen molar-refractivity contribution >= 4 is 17.3 Å². The van der Waals surface area contributed by atoms with Gasteiger partial charge in [0.25, 0.3) is 0 Å². The Labute approximate surface area is 114 Å². The molecule has 18 heavy (non-hydrogen) atoms. The molecule has 1 aromatic heterocycles. The number of anilines is 1. The van der Waals surface area contributed by atoms with Gasteiger partial charge in [0, 0.05) is 19.2 Å². The largest absolute Gasteiger partial charge is 0.370 e. The molecular weight excluding hydrogens is 246 g/mol. The summed E-state index contributed by atoms with van der Waals surface area (Å²) in [5.74, 6) is 0. The SMILES string of the molecule is Clc1cc(N2CCC3(CCCCC3)CC2)cnn1. The van der Waals surface area contributed by atoms with Crippen LogP contribution in [-0.4, -0.2) is 23.3 Å². The highest BCUT2D eigenvalue weighted by Gasteiger charge is 2.35. The molecule has 0 amide bonds. The van der Waals surface area contributed by atoms with Crippen LogP contribution in [0.15, 0.2) is 12.3 Å². The van der Waals surface area contributed by atoms with Crippen LogP contribution < -0.4 is 4.90 Å². The maximum Gasteiger partial charge on any atom is 0.153 e. The topological polar surface area (TPSA) is 29.0 Å². The molecule has 0 radical (unpaired) electrons. The van der Waals surface area contributed by atoms with Crippen LogP contribution >= 0.6 is 11.6 Å². The Bertz CT molecular complexity index is 405. The zero-order valence-corrected chi connectivity index (χ0v) is 11.5. The van der Waals surface area contributed by atoms with Crippen molar-refractivity contribution in [3.05, 3.63) is 17.4 Å². The van der Waals surface area contributed by atoms with Crippen LogP contribution in [0.2, 0.25) is 5.15 Å². The van der Waals surface area contributed by atoms with Gasteiger partial charge >= 0.3 is 0 Å². The Balaban J connectivity index is 1.66. The van der Waals surface area contributed by atoms with E-state index in [-0.39, 0.29) is 0 Å². The fourth-order valence-electron chi connectivity index (χ4n) is 3.55. The maximum absolute atomic E-state index is 5.91. The molecule has 0 atom stereocenters. The first-order valence-corrected chi connectivity index (χ1v) is 7.39. The van der Waals surface area contributed by atoms with Crippen LogP contribution in [0.4, 0.5) is 5.69 Å². The zero-order valence-electron chi connectivity index (χ0n) is 10.7. The Morgan fingerprint density at radius 1 is 1.06 bits per heavy atom. The molecule has 1 aromatic rings. The van der Waals surface area contributed by atoms with Gasteiger partial charge in [0.15, 0.2) is 5.15 Å². The van der Waals surface area contributed by atoms with E-state index in [2.05, 4.69) is 15.1 Å². The van der Waals surface area contributed by atoms with E-state index in [1.807, 2.05) is 12.3 Å². The number of piperidine rings is 1. The van der Waals surface area contributed by atoms with Crippen LogP contribution in [0.5, 0.6) is 0 Å². The number of aromatic nitrogens is 2. The molecule has 2 heterocycles. The summed E-state index contributed by atoms with van der Waals surface area (Å²) in [5.41, 5.74) is 1.78. The van der Waals surface area contributed by atoms with Gasteiger partial charge in [0.05, 0.1) is 11.9 Å². The fraction of sp³-hybridized carbons (Fsp3) is 0.714.